The van der Waals surface area contributed by atoms with E-state index in [1.165, 1.54) is 6.20 Å². The minimum Gasteiger partial charge on any atom is -0.476 e. The Hall–Kier alpha value is -0.470. The predicted molar refractivity (Wildman–Crippen MR) is 40.6 cm³/mol. The van der Waals surface area contributed by atoms with E-state index in [9.17, 15) is 0 Å². The Balaban J connectivity index is 2.75. The lowest BCUT2D eigenvalue weighted by molar-refractivity contribution is 0.386. The molecule has 0 saturated heterocycles. The average Bonchev–Trinajstić information content (AvgIpc) is 1.88. The van der Waals surface area contributed by atoms with Crippen molar-refractivity contribution in [2.24, 2.45) is 0 Å². The molecule has 0 radical (unpaired) electrons. The van der Waals surface area contributed by atoms with Crippen LogP contribution in [0.4, 0.5) is 0 Å². The molecule has 54 valence electrons. The molecule has 0 aromatic carbocycles. The topological polar surface area (TPSA) is 22.1 Å². The van der Waals surface area contributed by atoms with Gasteiger partial charge in [0, 0.05) is 12.3 Å². The molecule has 0 saturated carbocycles. The van der Waals surface area contributed by atoms with Gasteiger partial charge < -0.3 is 4.74 Å². The van der Waals surface area contributed by atoms with Crippen LogP contribution in [-0.4, -0.2) is 11.1 Å². The van der Waals surface area contributed by atoms with E-state index < -0.39 is 0 Å². The Bertz CT molecular complexity index is 217. The highest BCUT2D eigenvalue weighted by Gasteiger charge is 1.92. The first-order chi connectivity index (χ1) is 4.83. The zero-order valence-electron chi connectivity index (χ0n) is 5.05. The molecule has 0 fully saturated rings. The maximum absolute atomic E-state index is 5.59. The molecule has 0 spiro atoms. The van der Waals surface area contributed by atoms with Crippen molar-refractivity contribution in [2.75, 3.05) is 6.07 Å². The van der Waals surface area contributed by atoms with E-state index in [4.69, 9.17) is 27.9 Å². The van der Waals surface area contributed by atoms with Crippen LogP contribution in [0.1, 0.15) is 0 Å². The van der Waals surface area contributed by atoms with Gasteiger partial charge in [-0.25, -0.2) is 0 Å². The van der Waals surface area contributed by atoms with Crippen LogP contribution in [0, 0.1) is 0 Å². The van der Waals surface area contributed by atoms with E-state index in [0.717, 1.165) is 0 Å². The number of ether oxygens (including phenoxy) is 1. The van der Waals surface area contributed by atoms with Gasteiger partial charge in [0.2, 0.25) is 0 Å². The molecule has 0 aliphatic rings. The number of pyridine rings is 1. The van der Waals surface area contributed by atoms with E-state index in [0.29, 0.717) is 10.8 Å². The minimum absolute atomic E-state index is 0.113. The molecule has 4 heteroatoms. The summed E-state index contributed by atoms with van der Waals surface area (Å²) < 4.78 is 4.91. The number of rotatable bonds is 2. The highest BCUT2D eigenvalue weighted by atomic mass is 35.5. The van der Waals surface area contributed by atoms with Crippen LogP contribution in [-0.2, 0) is 0 Å². The second kappa shape index (κ2) is 3.64. The lowest BCUT2D eigenvalue weighted by Crippen LogP contribution is -1.88. The highest BCUT2D eigenvalue weighted by Crippen LogP contribution is 2.14. The van der Waals surface area contributed by atoms with Gasteiger partial charge in [-0.05, 0) is 0 Å². The van der Waals surface area contributed by atoms with Crippen LogP contribution in [0.25, 0.3) is 0 Å². The van der Waals surface area contributed by atoms with Crippen LogP contribution in [0.5, 0.6) is 5.75 Å². The van der Waals surface area contributed by atoms with E-state index in [1.807, 2.05) is 0 Å². The second-order valence-electron chi connectivity index (χ2n) is 1.59. The SMILES string of the molecule is ClCOc1cncc(Cl)c1. The molecule has 0 aliphatic carbocycles. The highest BCUT2D eigenvalue weighted by molar-refractivity contribution is 6.30. The van der Waals surface area contributed by atoms with Gasteiger partial charge in [0.1, 0.15) is 5.75 Å². The average molecular weight is 178 g/mol. The second-order valence-corrected chi connectivity index (χ2v) is 2.25. The molecule has 1 aromatic heterocycles. The molecule has 1 rings (SSSR count). The van der Waals surface area contributed by atoms with Crippen molar-refractivity contribution in [3.8, 4) is 5.75 Å². The summed E-state index contributed by atoms with van der Waals surface area (Å²) in [7, 11) is 0. The van der Waals surface area contributed by atoms with Gasteiger partial charge in [-0.15, -0.1) is 0 Å². The Morgan fingerprint density at radius 1 is 1.50 bits per heavy atom. The molecule has 2 nitrogen and oxygen atoms in total. The summed E-state index contributed by atoms with van der Waals surface area (Å²) in [5.74, 6) is 0.586. The van der Waals surface area contributed by atoms with Crippen LogP contribution in [0.3, 0.4) is 0 Å². The van der Waals surface area contributed by atoms with E-state index >= 15 is 0 Å². The van der Waals surface area contributed by atoms with Crippen molar-refractivity contribution in [3.63, 3.8) is 0 Å². The first kappa shape index (κ1) is 7.63. The van der Waals surface area contributed by atoms with Gasteiger partial charge in [-0.1, -0.05) is 23.2 Å². The van der Waals surface area contributed by atoms with Crippen LogP contribution < -0.4 is 4.74 Å². The van der Waals surface area contributed by atoms with E-state index in [-0.39, 0.29) is 6.07 Å². The van der Waals surface area contributed by atoms with Crippen molar-refractivity contribution in [2.45, 2.75) is 0 Å². The third kappa shape index (κ3) is 2.05. The van der Waals surface area contributed by atoms with Crippen LogP contribution in [0.2, 0.25) is 5.02 Å². The van der Waals surface area contributed by atoms with Gasteiger partial charge in [-0.3, -0.25) is 4.98 Å². The number of nitrogens with zero attached hydrogens (tertiary/aromatic N) is 1. The lowest BCUT2D eigenvalue weighted by Gasteiger charge is -1.98. The fraction of sp³-hybridized carbons (Fsp3) is 0.167. The molecule has 1 heterocycles. The summed E-state index contributed by atoms with van der Waals surface area (Å²) in [5, 5.41) is 0.544. The van der Waals surface area contributed by atoms with Crippen molar-refractivity contribution >= 4 is 23.2 Å². The van der Waals surface area contributed by atoms with Crippen LogP contribution >= 0.6 is 23.2 Å². The molecule has 0 atom stereocenters. The normalized spacial score (nSPS) is 9.40. The molecular weight excluding hydrogens is 173 g/mol. The van der Waals surface area contributed by atoms with Crippen molar-refractivity contribution in [1.29, 1.82) is 0 Å². The molecule has 10 heavy (non-hydrogen) atoms. The van der Waals surface area contributed by atoms with Gasteiger partial charge in [0.25, 0.3) is 0 Å². The number of alkyl halides is 1. The molecule has 0 N–H and O–H groups in total. The Kier molecular flexibility index (Phi) is 2.78. The van der Waals surface area contributed by atoms with E-state index in [1.54, 1.807) is 12.3 Å². The Morgan fingerprint density at radius 3 is 2.90 bits per heavy atom. The van der Waals surface area contributed by atoms with Gasteiger partial charge in [0.15, 0.2) is 6.07 Å². The van der Waals surface area contributed by atoms with E-state index in [2.05, 4.69) is 4.98 Å². The molecule has 0 aliphatic heterocycles. The maximum Gasteiger partial charge on any atom is 0.162 e. The molecule has 1 aromatic rings. The fourth-order valence-corrected chi connectivity index (χ4v) is 0.824. The number of hydrogen-bond acceptors (Lipinski definition) is 2. The summed E-state index contributed by atoms with van der Waals surface area (Å²) in [6.07, 6.45) is 3.08. The Morgan fingerprint density at radius 2 is 2.30 bits per heavy atom. The summed E-state index contributed by atoms with van der Waals surface area (Å²) >= 11 is 10.9. The smallest absolute Gasteiger partial charge is 0.162 e. The third-order valence-electron chi connectivity index (χ3n) is 0.901. The summed E-state index contributed by atoms with van der Waals surface area (Å²) in [6, 6.07) is 1.76. The zero-order valence-corrected chi connectivity index (χ0v) is 6.56. The predicted octanol–water partition coefficient (Wildman–Crippen LogP) is 2.31. The van der Waals surface area contributed by atoms with Crippen molar-refractivity contribution < 1.29 is 4.74 Å². The standard InChI is InChI=1S/C6H5Cl2NO/c7-4-10-6-1-5(8)2-9-3-6/h1-3H,4H2. The largest absolute Gasteiger partial charge is 0.476 e. The monoisotopic (exact) mass is 177 g/mol. The first-order valence-electron chi connectivity index (χ1n) is 2.62. The Labute approximate surface area is 68.7 Å². The number of hydrogen-bond donors (Lipinski definition) is 0. The molecule has 0 amide bonds. The fourth-order valence-electron chi connectivity index (χ4n) is 0.534. The minimum atomic E-state index is 0.113. The third-order valence-corrected chi connectivity index (χ3v) is 1.22. The summed E-state index contributed by atoms with van der Waals surface area (Å²) in [6.45, 7) is 0. The zero-order chi connectivity index (χ0) is 7.40. The van der Waals surface area contributed by atoms with Crippen molar-refractivity contribution in [1.82, 2.24) is 4.98 Å². The maximum atomic E-state index is 5.59. The van der Waals surface area contributed by atoms with Crippen LogP contribution in [0.15, 0.2) is 18.5 Å². The quantitative estimate of drug-likeness (QED) is 0.648. The lowest BCUT2D eigenvalue weighted by atomic mass is 10.5. The van der Waals surface area contributed by atoms with Crippen molar-refractivity contribution in [3.05, 3.63) is 23.5 Å². The first-order valence-corrected chi connectivity index (χ1v) is 3.53. The summed E-state index contributed by atoms with van der Waals surface area (Å²) in [4.78, 5) is 3.79. The number of aromatic nitrogens is 1. The van der Waals surface area contributed by atoms with Gasteiger partial charge in [0.05, 0.1) is 11.2 Å². The molecule has 0 bridgehead atoms. The molecular formula is C6H5Cl2NO. The van der Waals surface area contributed by atoms with Gasteiger partial charge in [-0.2, -0.15) is 0 Å². The van der Waals surface area contributed by atoms with Gasteiger partial charge >= 0.3 is 0 Å². The number of halogens is 2. The molecule has 0 unspecified atom stereocenters. The summed E-state index contributed by atoms with van der Waals surface area (Å²) in [5.41, 5.74) is 0.